The summed E-state index contributed by atoms with van der Waals surface area (Å²) >= 11 is 0. The van der Waals surface area contributed by atoms with Crippen molar-refractivity contribution >= 4 is 17.5 Å². The third kappa shape index (κ3) is 3.56. The molecule has 0 aliphatic carbocycles. The molecule has 0 saturated carbocycles. The topological polar surface area (TPSA) is 50.4 Å². The molecule has 0 aliphatic heterocycles. The van der Waals surface area contributed by atoms with Crippen LogP contribution in [0.4, 0.5) is 14.5 Å². The first-order chi connectivity index (χ1) is 9.58. The Morgan fingerprint density at radius 1 is 1.45 bits per heavy atom. The van der Waals surface area contributed by atoms with Crippen LogP contribution in [0.5, 0.6) is 0 Å². The van der Waals surface area contributed by atoms with Crippen LogP contribution < -0.4 is 11.1 Å². The van der Waals surface area contributed by atoms with Crippen LogP contribution in [0.2, 0.25) is 0 Å². The first kappa shape index (κ1) is 16.1. The van der Waals surface area contributed by atoms with E-state index < -0.39 is 6.43 Å². The number of hydrogen-bond acceptors (Lipinski definition) is 3. The largest absolute Gasteiger partial charge is 0.404 e. The van der Waals surface area contributed by atoms with Crippen molar-refractivity contribution in [2.75, 3.05) is 19.4 Å². The second-order valence-electron chi connectivity index (χ2n) is 4.41. The molecule has 0 saturated heterocycles. The van der Waals surface area contributed by atoms with Gasteiger partial charge >= 0.3 is 0 Å². The van der Waals surface area contributed by atoms with Gasteiger partial charge in [0.1, 0.15) is 0 Å². The van der Waals surface area contributed by atoms with Crippen LogP contribution in [-0.2, 0) is 6.42 Å². The van der Waals surface area contributed by atoms with Crippen LogP contribution >= 0.6 is 0 Å². The van der Waals surface area contributed by atoms with Gasteiger partial charge in [0.25, 0.3) is 6.43 Å². The lowest BCUT2D eigenvalue weighted by atomic mass is 9.95. The molecular formula is C15H21F2N3. The lowest BCUT2D eigenvalue weighted by Gasteiger charge is -2.16. The van der Waals surface area contributed by atoms with Gasteiger partial charge in [0.05, 0.1) is 0 Å². The summed E-state index contributed by atoms with van der Waals surface area (Å²) in [6.45, 7) is 2.05. The van der Waals surface area contributed by atoms with Crippen LogP contribution in [0.15, 0.2) is 23.3 Å². The van der Waals surface area contributed by atoms with E-state index in [-0.39, 0.29) is 5.56 Å². The van der Waals surface area contributed by atoms with E-state index in [0.29, 0.717) is 11.1 Å². The van der Waals surface area contributed by atoms with Crippen molar-refractivity contribution in [3.05, 3.63) is 35.0 Å². The van der Waals surface area contributed by atoms with Crippen LogP contribution in [0.3, 0.4) is 0 Å². The zero-order chi connectivity index (χ0) is 15.1. The number of rotatable bonds is 6. The van der Waals surface area contributed by atoms with Crippen molar-refractivity contribution in [1.82, 2.24) is 0 Å². The Morgan fingerprint density at radius 2 is 2.15 bits per heavy atom. The number of aryl methyl sites for hydroxylation is 1. The summed E-state index contributed by atoms with van der Waals surface area (Å²) < 4.78 is 26.5. The van der Waals surface area contributed by atoms with Gasteiger partial charge in [-0.2, -0.15) is 0 Å². The summed E-state index contributed by atoms with van der Waals surface area (Å²) in [5.74, 6) is 0. The highest BCUT2D eigenvalue weighted by Crippen LogP contribution is 2.33. The van der Waals surface area contributed by atoms with Gasteiger partial charge in [-0.15, -0.1) is 0 Å². The Labute approximate surface area is 118 Å². The van der Waals surface area contributed by atoms with Crippen molar-refractivity contribution in [1.29, 1.82) is 0 Å². The highest BCUT2D eigenvalue weighted by molar-refractivity contribution is 6.10. The van der Waals surface area contributed by atoms with Gasteiger partial charge in [0.15, 0.2) is 0 Å². The predicted molar refractivity (Wildman–Crippen MR) is 81.5 cm³/mol. The molecule has 110 valence electrons. The van der Waals surface area contributed by atoms with Crippen LogP contribution in [0, 0.1) is 0 Å². The van der Waals surface area contributed by atoms with Crippen molar-refractivity contribution in [3.8, 4) is 0 Å². The van der Waals surface area contributed by atoms with E-state index >= 15 is 0 Å². The third-order valence-corrected chi connectivity index (χ3v) is 3.06. The molecule has 5 heteroatoms. The molecule has 1 aromatic rings. The molecule has 1 rings (SSSR count). The minimum Gasteiger partial charge on any atom is -0.404 e. The van der Waals surface area contributed by atoms with Gasteiger partial charge < -0.3 is 11.1 Å². The van der Waals surface area contributed by atoms with Crippen molar-refractivity contribution < 1.29 is 8.78 Å². The Hall–Kier alpha value is -1.91. The molecule has 0 aromatic heterocycles. The lowest BCUT2D eigenvalue weighted by molar-refractivity contribution is 0.151. The molecule has 0 atom stereocenters. The van der Waals surface area contributed by atoms with Gasteiger partial charge in [0, 0.05) is 43.3 Å². The Balaban J connectivity index is 3.49. The summed E-state index contributed by atoms with van der Waals surface area (Å²) in [6.07, 6.45) is 1.99. The van der Waals surface area contributed by atoms with Gasteiger partial charge in [-0.25, -0.2) is 8.78 Å². The normalized spacial score (nSPS) is 12.4. The molecular weight excluding hydrogens is 260 g/mol. The van der Waals surface area contributed by atoms with E-state index in [1.807, 2.05) is 6.92 Å². The summed E-state index contributed by atoms with van der Waals surface area (Å²) in [4.78, 5) is 3.87. The summed E-state index contributed by atoms with van der Waals surface area (Å²) in [6, 6.07) is 3.27. The number of nitrogens with one attached hydrogen (secondary N) is 1. The zero-order valence-corrected chi connectivity index (χ0v) is 12.1. The molecule has 3 nitrogen and oxygen atoms in total. The zero-order valence-electron chi connectivity index (χ0n) is 12.1. The molecule has 3 N–H and O–H groups in total. The van der Waals surface area contributed by atoms with Crippen molar-refractivity contribution in [2.45, 2.75) is 26.2 Å². The highest BCUT2D eigenvalue weighted by Gasteiger charge is 2.18. The van der Waals surface area contributed by atoms with E-state index in [1.54, 1.807) is 20.2 Å². The Bertz CT molecular complexity index is 508. The van der Waals surface area contributed by atoms with E-state index in [9.17, 15) is 8.78 Å². The number of benzene rings is 1. The molecule has 0 unspecified atom stereocenters. The van der Waals surface area contributed by atoms with Crippen LogP contribution in [0.1, 0.15) is 36.5 Å². The molecule has 0 radical (unpaired) electrons. The fourth-order valence-electron chi connectivity index (χ4n) is 2.14. The third-order valence-electron chi connectivity index (χ3n) is 3.06. The number of hydrogen-bond donors (Lipinski definition) is 2. The van der Waals surface area contributed by atoms with Gasteiger partial charge in [-0.05, 0) is 29.7 Å². The second-order valence-corrected chi connectivity index (χ2v) is 4.41. The number of anilines is 1. The van der Waals surface area contributed by atoms with Crippen molar-refractivity contribution in [3.63, 3.8) is 0 Å². The predicted octanol–water partition coefficient (Wildman–Crippen LogP) is 3.62. The molecule has 20 heavy (non-hydrogen) atoms. The Kier molecular flexibility index (Phi) is 6.15. The quantitative estimate of drug-likeness (QED) is 0.782. The molecule has 0 amide bonds. The smallest absolute Gasteiger partial charge is 0.264 e. The first-order valence-corrected chi connectivity index (χ1v) is 6.56. The second kappa shape index (κ2) is 7.62. The Morgan fingerprint density at radius 3 is 2.60 bits per heavy atom. The van der Waals surface area contributed by atoms with E-state index in [1.165, 1.54) is 18.5 Å². The van der Waals surface area contributed by atoms with Crippen LogP contribution in [-0.4, -0.2) is 20.3 Å². The number of nitrogens with two attached hydrogens (primary N) is 1. The maximum absolute atomic E-state index is 13.3. The van der Waals surface area contributed by atoms with Gasteiger partial charge in [-0.1, -0.05) is 13.3 Å². The average molecular weight is 281 g/mol. The molecule has 0 fully saturated rings. The minimum absolute atomic E-state index is 0.0363. The van der Waals surface area contributed by atoms with Crippen LogP contribution in [0.25, 0.3) is 5.57 Å². The average Bonchev–Trinajstić information content (AvgIpc) is 2.44. The van der Waals surface area contributed by atoms with Gasteiger partial charge in [-0.3, -0.25) is 4.99 Å². The fraction of sp³-hybridized carbons (Fsp3) is 0.400. The summed E-state index contributed by atoms with van der Waals surface area (Å²) in [5, 5.41) is 2.97. The van der Waals surface area contributed by atoms with E-state index in [2.05, 4.69) is 10.3 Å². The maximum Gasteiger partial charge on any atom is 0.264 e. The highest BCUT2D eigenvalue weighted by atomic mass is 19.3. The molecule has 1 aromatic carbocycles. The van der Waals surface area contributed by atoms with E-state index in [0.717, 1.165) is 24.1 Å². The monoisotopic (exact) mass is 281 g/mol. The summed E-state index contributed by atoms with van der Waals surface area (Å²) in [7, 11) is 3.32. The molecule has 0 spiro atoms. The van der Waals surface area contributed by atoms with E-state index in [4.69, 9.17) is 5.73 Å². The molecule has 0 heterocycles. The number of aliphatic imine (C=N–C) groups is 1. The summed E-state index contributed by atoms with van der Waals surface area (Å²) in [5.41, 5.74) is 8.18. The van der Waals surface area contributed by atoms with Crippen molar-refractivity contribution in [2.24, 2.45) is 10.7 Å². The standard InChI is InChI=1S/C15H21F2N3/c1-4-5-10-6-12(11(8-18)9-19-2)13(15(16)17)7-14(10)20-3/h6-9,15,20H,4-5,18H2,1-3H3/b11-8+,19-9?. The lowest BCUT2D eigenvalue weighted by Crippen LogP contribution is -2.04. The fourth-order valence-corrected chi connectivity index (χ4v) is 2.14. The maximum atomic E-state index is 13.3. The van der Waals surface area contributed by atoms with Gasteiger partial charge in [0.2, 0.25) is 0 Å². The first-order valence-electron chi connectivity index (χ1n) is 6.56. The number of allylic oxidation sites excluding steroid dienone is 1. The number of halogens is 2. The molecule has 0 aliphatic rings. The number of nitrogens with zero attached hydrogens (tertiary/aromatic N) is 1. The minimum atomic E-state index is -2.56. The SMILES string of the molecule is CCCc1cc(/C(C=NC)=C/N)c(C(F)F)cc1NC. The number of alkyl halides is 2. The molecule has 0 bridgehead atoms.